The SMILES string of the molecule is C=N/C(=C\N(C)C(=O)/C=C(/c1ccc(C=O)cc1)N(C)CCCCC)c1ccc(Cl)cc1. The molecule has 0 atom stereocenters. The zero-order valence-electron chi connectivity index (χ0n) is 18.9. The fourth-order valence-corrected chi connectivity index (χ4v) is 3.28. The smallest absolute Gasteiger partial charge is 0.252 e. The van der Waals surface area contributed by atoms with Crippen LogP contribution in [0.5, 0.6) is 0 Å². The second-order valence-corrected chi connectivity index (χ2v) is 7.96. The molecule has 0 radical (unpaired) electrons. The predicted octanol–water partition coefficient (Wildman–Crippen LogP) is 5.77. The van der Waals surface area contributed by atoms with Gasteiger partial charge in [-0.25, -0.2) is 0 Å². The van der Waals surface area contributed by atoms with Crippen LogP contribution < -0.4 is 0 Å². The van der Waals surface area contributed by atoms with E-state index in [1.165, 1.54) is 4.90 Å². The van der Waals surface area contributed by atoms with Crippen LogP contribution >= 0.6 is 11.6 Å². The van der Waals surface area contributed by atoms with Crippen molar-refractivity contribution in [2.45, 2.75) is 26.2 Å². The fourth-order valence-electron chi connectivity index (χ4n) is 3.16. The maximum absolute atomic E-state index is 13.1. The molecule has 0 aliphatic rings. The third-order valence-corrected chi connectivity index (χ3v) is 5.34. The fraction of sp³-hybridized carbons (Fsp3) is 0.269. The molecule has 5 nitrogen and oxygen atoms in total. The molecule has 0 aromatic heterocycles. The van der Waals surface area contributed by atoms with Gasteiger partial charge < -0.3 is 9.80 Å². The van der Waals surface area contributed by atoms with Crippen LogP contribution in [0.25, 0.3) is 11.4 Å². The third-order valence-electron chi connectivity index (χ3n) is 5.08. The molecule has 32 heavy (non-hydrogen) atoms. The summed E-state index contributed by atoms with van der Waals surface area (Å²) in [5, 5.41) is 0.626. The van der Waals surface area contributed by atoms with E-state index in [1.54, 1.807) is 43.6 Å². The van der Waals surface area contributed by atoms with Gasteiger partial charge in [-0.3, -0.25) is 14.6 Å². The van der Waals surface area contributed by atoms with E-state index in [9.17, 15) is 9.59 Å². The van der Waals surface area contributed by atoms with Gasteiger partial charge in [0.25, 0.3) is 5.91 Å². The first-order chi connectivity index (χ1) is 15.4. The van der Waals surface area contributed by atoms with Gasteiger partial charge in [0, 0.05) is 54.8 Å². The monoisotopic (exact) mass is 451 g/mol. The van der Waals surface area contributed by atoms with Crippen LogP contribution in [0, 0.1) is 0 Å². The van der Waals surface area contributed by atoms with Crippen molar-refractivity contribution in [1.82, 2.24) is 9.80 Å². The van der Waals surface area contributed by atoms with E-state index in [4.69, 9.17) is 11.6 Å². The first-order valence-corrected chi connectivity index (χ1v) is 11.0. The Morgan fingerprint density at radius 1 is 1.03 bits per heavy atom. The van der Waals surface area contributed by atoms with Gasteiger partial charge in [0.2, 0.25) is 0 Å². The minimum atomic E-state index is -0.197. The molecule has 0 bridgehead atoms. The zero-order valence-corrected chi connectivity index (χ0v) is 19.7. The van der Waals surface area contributed by atoms with Gasteiger partial charge in [0.1, 0.15) is 6.29 Å². The number of benzene rings is 2. The van der Waals surface area contributed by atoms with Crippen LogP contribution in [0.3, 0.4) is 0 Å². The van der Waals surface area contributed by atoms with E-state index in [0.29, 0.717) is 16.3 Å². The zero-order chi connectivity index (χ0) is 23.5. The van der Waals surface area contributed by atoms with Crippen LogP contribution in [-0.2, 0) is 4.79 Å². The van der Waals surface area contributed by atoms with Crippen molar-refractivity contribution < 1.29 is 9.59 Å². The molecule has 0 N–H and O–H groups in total. The van der Waals surface area contributed by atoms with Gasteiger partial charge in [-0.15, -0.1) is 0 Å². The minimum absolute atomic E-state index is 0.197. The van der Waals surface area contributed by atoms with Gasteiger partial charge in [0.05, 0.1) is 5.70 Å². The predicted molar refractivity (Wildman–Crippen MR) is 134 cm³/mol. The second-order valence-electron chi connectivity index (χ2n) is 7.53. The quantitative estimate of drug-likeness (QED) is 0.188. The van der Waals surface area contributed by atoms with E-state index < -0.39 is 0 Å². The first kappa shape index (κ1) is 25.1. The van der Waals surface area contributed by atoms with Crippen LogP contribution in [0.2, 0.25) is 5.02 Å². The standard InChI is InChI=1S/C26H30ClN3O2/c1-5-6-7-16-29(3)25(22-10-8-20(19-31)9-11-22)17-26(32)30(4)18-24(28-2)21-12-14-23(27)15-13-21/h8-15,17-19H,2,5-7,16H2,1,3-4H3/b24-18-,25-17-. The molecule has 2 aromatic rings. The molecule has 0 aliphatic heterocycles. The number of hydrogen-bond donors (Lipinski definition) is 0. The largest absolute Gasteiger partial charge is 0.374 e. The van der Waals surface area contributed by atoms with Crippen molar-refractivity contribution in [3.05, 3.63) is 82.5 Å². The van der Waals surface area contributed by atoms with Crippen molar-refractivity contribution >= 4 is 41.9 Å². The normalized spacial score (nSPS) is 11.8. The molecule has 0 unspecified atom stereocenters. The summed E-state index contributed by atoms with van der Waals surface area (Å²) < 4.78 is 0. The average Bonchev–Trinajstić information content (AvgIpc) is 2.81. The summed E-state index contributed by atoms with van der Waals surface area (Å²) in [5.74, 6) is -0.197. The molecule has 0 saturated heterocycles. The van der Waals surface area contributed by atoms with Crippen molar-refractivity contribution in [2.75, 3.05) is 20.6 Å². The molecular weight excluding hydrogens is 422 g/mol. The number of likely N-dealkylation sites (N-methyl/N-ethyl adjacent to an activating group) is 1. The molecule has 2 rings (SSSR count). The lowest BCUT2D eigenvalue weighted by atomic mass is 10.1. The summed E-state index contributed by atoms with van der Waals surface area (Å²) in [7, 11) is 3.66. The number of aldehydes is 1. The van der Waals surface area contributed by atoms with Crippen LogP contribution in [0.1, 0.15) is 47.7 Å². The summed E-state index contributed by atoms with van der Waals surface area (Å²) >= 11 is 5.96. The Hall–Kier alpha value is -3.18. The van der Waals surface area contributed by atoms with Crippen LogP contribution in [-0.4, -0.2) is 49.4 Å². The summed E-state index contributed by atoms with van der Waals surface area (Å²) in [6.07, 6.45) is 7.34. The van der Waals surface area contributed by atoms with Gasteiger partial charge in [-0.05, 0) is 30.8 Å². The highest BCUT2D eigenvalue weighted by molar-refractivity contribution is 6.30. The van der Waals surface area contributed by atoms with Crippen LogP contribution in [0.15, 0.2) is 65.8 Å². The number of carbonyl (C=O) groups excluding carboxylic acids is 2. The van der Waals surface area contributed by atoms with Gasteiger partial charge in [-0.2, -0.15) is 0 Å². The van der Waals surface area contributed by atoms with Crippen LogP contribution in [0.4, 0.5) is 0 Å². The number of halogens is 1. The Labute approximate surface area is 195 Å². The maximum atomic E-state index is 13.1. The lowest BCUT2D eigenvalue weighted by Crippen LogP contribution is -2.23. The van der Waals surface area contributed by atoms with Gasteiger partial charge >= 0.3 is 0 Å². The first-order valence-electron chi connectivity index (χ1n) is 10.6. The Morgan fingerprint density at radius 3 is 2.22 bits per heavy atom. The molecule has 0 fully saturated rings. The number of rotatable bonds is 11. The number of carbonyl (C=O) groups is 2. The van der Waals surface area contributed by atoms with E-state index in [1.807, 2.05) is 31.3 Å². The van der Waals surface area contributed by atoms with E-state index in [0.717, 1.165) is 48.9 Å². The molecule has 0 heterocycles. The van der Waals surface area contributed by atoms with E-state index in [2.05, 4.69) is 23.5 Å². The summed E-state index contributed by atoms with van der Waals surface area (Å²) in [5.41, 5.74) is 3.65. The molecule has 0 spiro atoms. The average molecular weight is 452 g/mol. The van der Waals surface area contributed by atoms with Gasteiger partial charge in [-0.1, -0.05) is 67.8 Å². The molecule has 2 aromatic carbocycles. The number of aliphatic imine (C=N–C) groups is 1. The minimum Gasteiger partial charge on any atom is -0.374 e. The number of amides is 1. The molecule has 1 amide bonds. The van der Waals surface area contributed by atoms with Crippen molar-refractivity contribution in [2.24, 2.45) is 4.99 Å². The molecule has 168 valence electrons. The highest BCUT2D eigenvalue weighted by atomic mass is 35.5. The molecule has 0 aliphatic carbocycles. The molecule has 6 heteroatoms. The number of unbranched alkanes of at least 4 members (excludes halogenated alkanes) is 2. The lowest BCUT2D eigenvalue weighted by molar-refractivity contribution is -0.122. The highest BCUT2D eigenvalue weighted by Crippen LogP contribution is 2.22. The highest BCUT2D eigenvalue weighted by Gasteiger charge is 2.13. The Morgan fingerprint density at radius 2 is 1.66 bits per heavy atom. The summed E-state index contributed by atoms with van der Waals surface area (Å²) in [6.45, 7) is 6.61. The van der Waals surface area contributed by atoms with Crippen molar-refractivity contribution in [3.63, 3.8) is 0 Å². The number of nitrogens with zero attached hydrogens (tertiary/aromatic N) is 3. The Kier molecular flexibility index (Phi) is 9.89. The summed E-state index contributed by atoms with van der Waals surface area (Å²) in [6, 6.07) is 14.4. The Bertz CT molecular complexity index is 979. The summed E-state index contributed by atoms with van der Waals surface area (Å²) in [4.78, 5) is 31.7. The van der Waals surface area contributed by atoms with E-state index >= 15 is 0 Å². The van der Waals surface area contributed by atoms with Gasteiger partial charge in [0.15, 0.2) is 0 Å². The third kappa shape index (κ3) is 7.20. The lowest BCUT2D eigenvalue weighted by Gasteiger charge is -2.24. The second kappa shape index (κ2) is 12.6. The molecular formula is C26H30ClN3O2. The van der Waals surface area contributed by atoms with Crippen molar-refractivity contribution in [3.8, 4) is 0 Å². The maximum Gasteiger partial charge on any atom is 0.252 e. The number of hydrogen-bond acceptors (Lipinski definition) is 4. The topological polar surface area (TPSA) is 53.0 Å². The molecule has 0 saturated carbocycles. The Balaban J connectivity index is 2.33. The van der Waals surface area contributed by atoms with Crippen molar-refractivity contribution in [1.29, 1.82) is 0 Å². The van der Waals surface area contributed by atoms with E-state index in [-0.39, 0.29) is 5.91 Å².